The Hall–Kier alpha value is -2.84. The van der Waals surface area contributed by atoms with Crippen LogP contribution >= 0.6 is 12.4 Å². The molecule has 0 fully saturated rings. The lowest BCUT2D eigenvalue weighted by Crippen LogP contribution is -2.32. The highest BCUT2D eigenvalue weighted by atomic mass is 35.5. The van der Waals surface area contributed by atoms with E-state index in [1.807, 2.05) is 24.3 Å². The standard InChI is InChI=1S/C17H19N5O3.ClH/c1-24-14-7-6-11-4-2-3-5-12(11)13(14)10-19-8-9-20-17(23)15-16(18)22-25-21-15;/h2-7,19H,8-10H2,1H3,(H2,18,22)(H,20,23);1H. The minimum absolute atomic E-state index is 0. The molecule has 1 aromatic heterocycles. The Morgan fingerprint density at radius 1 is 1.19 bits per heavy atom. The molecule has 0 saturated heterocycles. The zero-order valence-electron chi connectivity index (χ0n) is 14.2. The number of carbonyl (C=O) groups excluding carboxylic acids is 1. The first-order valence-electron chi connectivity index (χ1n) is 7.82. The van der Waals surface area contributed by atoms with Crippen LogP contribution in [-0.4, -0.2) is 36.4 Å². The number of fused-ring (bicyclic) bond motifs is 1. The van der Waals surface area contributed by atoms with Crippen molar-refractivity contribution in [3.05, 3.63) is 47.7 Å². The molecule has 0 saturated carbocycles. The summed E-state index contributed by atoms with van der Waals surface area (Å²) in [6, 6.07) is 12.1. The van der Waals surface area contributed by atoms with Gasteiger partial charge in [-0.1, -0.05) is 30.3 Å². The largest absolute Gasteiger partial charge is 0.496 e. The molecular weight excluding hydrogens is 358 g/mol. The summed E-state index contributed by atoms with van der Waals surface area (Å²) >= 11 is 0. The van der Waals surface area contributed by atoms with E-state index in [4.69, 9.17) is 10.5 Å². The van der Waals surface area contributed by atoms with Crippen LogP contribution in [0.2, 0.25) is 0 Å². The van der Waals surface area contributed by atoms with Crippen molar-refractivity contribution in [2.24, 2.45) is 0 Å². The highest BCUT2D eigenvalue weighted by molar-refractivity contribution is 5.95. The molecule has 0 aliphatic heterocycles. The van der Waals surface area contributed by atoms with Gasteiger partial charge in [0.1, 0.15) is 5.75 Å². The minimum atomic E-state index is -0.414. The third kappa shape index (κ3) is 4.22. The van der Waals surface area contributed by atoms with E-state index in [1.165, 1.54) is 0 Å². The second-order valence-electron chi connectivity index (χ2n) is 5.40. The quantitative estimate of drug-likeness (QED) is 0.537. The lowest BCUT2D eigenvalue weighted by molar-refractivity contribution is 0.0944. The topological polar surface area (TPSA) is 115 Å². The lowest BCUT2D eigenvalue weighted by Gasteiger charge is -2.13. The van der Waals surface area contributed by atoms with Crippen LogP contribution in [0.4, 0.5) is 5.82 Å². The monoisotopic (exact) mass is 377 g/mol. The summed E-state index contributed by atoms with van der Waals surface area (Å²) in [5, 5.41) is 15.1. The van der Waals surface area contributed by atoms with Gasteiger partial charge in [0, 0.05) is 25.2 Å². The van der Waals surface area contributed by atoms with Crippen molar-refractivity contribution in [1.29, 1.82) is 0 Å². The SMILES string of the molecule is COc1ccc2ccccc2c1CNCCNC(=O)c1nonc1N.Cl. The Balaban J connectivity index is 0.00000243. The molecular formula is C17H20ClN5O3. The number of hydrogen-bond acceptors (Lipinski definition) is 7. The van der Waals surface area contributed by atoms with Gasteiger partial charge in [-0.15, -0.1) is 12.4 Å². The summed E-state index contributed by atoms with van der Waals surface area (Å²) in [6.45, 7) is 1.61. The first kappa shape index (κ1) is 19.5. The van der Waals surface area contributed by atoms with Crippen LogP contribution in [0.5, 0.6) is 5.75 Å². The number of rotatable bonds is 7. The normalized spacial score (nSPS) is 10.3. The van der Waals surface area contributed by atoms with E-state index in [0.29, 0.717) is 19.6 Å². The molecule has 3 aromatic rings. The number of halogens is 1. The van der Waals surface area contributed by atoms with Gasteiger partial charge in [-0.05, 0) is 27.2 Å². The minimum Gasteiger partial charge on any atom is -0.496 e. The molecule has 8 nitrogen and oxygen atoms in total. The van der Waals surface area contributed by atoms with Gasteiger partial charge in [0.25, 0.3) is 5.91 Å². The molecule has 0 unspecified atom stereocenters. The number of nitrogen functional groups attached to an aromatic ring is 1. The third-order valence-electron chi connectivity index (χ3n) is 3.84. The molecule has 0 aliphatic rings. The summed E-state index contributed by atoms with van der Waals surface area (Å²) in [6.07, 6.45) is 0. The van der Waals surface area contributed by atoms with E-state index in [1.54, 1.807) is 7.11 Å². The number of nitrogens with zero attached hydrogens (tertiary/aromatic N) is 2. The number of carbonyl (C=O) groups is 1. The van der Waals surface area contributed by atoms with Gasteiger partial charge in [-0.3, -0.25) is 4.79 Å². The highest BCUT2D eigenvalue weighted by Gasteiger charge is 2.15. The van der Waals surface area contributed by atoms with Crippen molar-refractivity contribution in [3.8, 4) is 5.75 Å². The maximum atomic E-state index is 11.8. The van der Waals surface area contributed by atoms with Crippen LogP contribution in [0, 0.1) is 0 Å². The van der Waals surface area contributed by atoms with Gasteiger partial charge >= 0.3 is 0 Å². The number of ether oxygens (including phenoxy) is 1. The molecule has 0 spiro atoms. The Morgan fingerprint density at radius 2 is 2.00 bits per heavy atom. The molecule has 4 N–H and O–H groups in total. The first-order chi connectivity index (χ1) is 12.2. The molecule has 0 bridgehead atoms. The number of hydrogen-bond donors (Lipinski definition) is 3. The Morgan fingerprint density at radius 3 is 2.73 bits per heavy atom. The number of nitrogens with two attached hydrogens (primary N) is 1. The molecule has 138 valence electrons. The zero-order valence-corrected chi connectivity index (χ0v) is 15.0. The van der Waals surface area contributed by atoms with Crippen molar-refractivity contribution in [3.63, 3.8) is 0 Å². The van der Waals surface area contributed by atoms with Crippen molar-refractivity contribution in [2.45, 2.75) is 6.54 Å². The van der Waals surface area contributed by atoms with E-state index in [9.17, 15) is 4.79 Å². The fraction of sp³-hybridized carbons (Fsp3) is 0.235. The van der Waals surface area contributed by atoms with E-state index >= 15 is 0 Å². The lowest BCUT2D eigenvalue weighted by atomic mass is 10.0. The Bertz CT molecular complexity index is 884. The number of methoxy groups -OCH3 is 1. The van der Waals surface area contributed by atoms with Crippen LogP contribution < -0.4 is 21.1 Å². The van der Waals surface area contributed by atoms with Gasteiger partial charge in [0.15, 0.2) is 0 Å². The van der Waals surface area contributed by atoms with Crippen LogP contribution in [0.15, 0.2) is 41.0 Å². The van der Waals surface area contributed by atoms with Crippen molar-refractivity contribution < 1.29 is 14.2 Å². The first-order valence-corrected chi connectivity index (χ1v) is 7.82. The maximum absolute atomic E-state index is 11.8. The molecule has 1 amide bonds. The van der Waals surface area contributed by atoms with Crippen LogP contribution in [0.25, 0.3) is 10.8 Å². The van der Waals surface area contributed by atoms with Gasteiger partial charge < -0.3 is 21.1 Å². The third-order valence-corrected chi connectivity index (χ3v) is 3.84. The summed E-state index contributed by atoms with van der Waals surface area (Å²) in [5.41, 5.74) is 6.55. The average Bonchev–Trinajstić information content (AvgIpc) is 3.07. The van der Waals surface area contributed by atoms with E-state index in [0.717, 1.165) is 22.1 Å². The van der Waals surface area contributed by atoms with E-state index < -0.39 is 5.91 Å². The number of amides is 1. The fourth-order valence-electron chi connectivity index (χ4n) is 2.60. The summed E-state index contributed by atoms with van der Waals surface area (Å²) in [7, 11) is 1.66. The summed E-state index contributed by atoms with van der Waals surface area (Å²) < 4.78 is 9.86. The molecule has 2 aromatic carbocycles. The smallest absolute Gasteiger partial charge is 0.277 e. The van der Waals surface area contributed by atoms with Crippen LogP contribution in [-0.2, 0) is 6.54 Å². The molecule has 0 aliphatic carbocycles. The Labute approximate surface area is 156 Å². The summed E-state index contributed by atoms with van der Waals surface area (Å²) in [4.78, 5) is 11.8. The highest BCUT2D eigenvalue weighted by Crippen LogP contribution is 2.27. The predicted molar refractivity (Wildman–Crippen MR) is 100 cm³/mol. The zero-order chi connectivity index (χ0) is 17.6. The van der Waals surface area contributed by atoms with Crippen molar-refractivity contribution in [1.82, 2.24) is 20.9 Å². The maximum Gasteiger partial charge on any atom is 0.277 e. The Kier molecular flexibility index (Phi) is 6.76. The molecule has 0 atom stereocenters. The average molecular weight is 378 g/mol. The molecule has 26 heavy (non-hydrogen) atoms. The number of aromatic nitrogens is 2. The fourth-order valence-corrected chi connectivity index (χ4v) is 2.60. The number of benzene rings is 2. The van der Waals surface area contributed by atoms with Gasteiger partial charge in [0.05, 0.1) is 7.11 Å². The summed E-state index contributed by atoms with van der Waals surface area (Å²) in [5.74, 6) is 0.394. The molecule has 1 heterocycles. The van der Waals surface area contributed by atoms with Crippen LogP contribution in [0.1, 0.15) is 16.1 Å². The molecule has 9 heteroatoms. The second kappa shape index (κ2) is 9.02. The van der Waals surface area contributed by atoms with E-state index in [-0.39, 0.29) is 23.9 Å². The van der Waals surface area contributed by atoms with Crippen molar-refractivity contribution >= 4 is 34.9 Å². The van der Waals surface area contributed by atoms with Gasteiger partial charge in [-0.2, -0.15) is 0 Å². The van der Waals surface area contributed by atoms with Gasteiger partial charge in [0.2, 0.25) is 11.5 Å². The predicted octanol–water partition coefficient (Wildman–Crippen LogP) is 1.75. The number of anilines is 1. The van der Waals surface area contributed by atoms with Gasteiger partial charge in [-0.25, -0.2) is 4.63 Å². The molecule has 0 radical (unpaired) electrons. The number of nitrogens with one attached hydrogen (secondary N) is 2. The van der Waals surface area contributed by atoms with Crippen LogP contribution in [0.3, 0.4) is 0 Å². The molecule has 3 rings (SSSR count). The second-order valence-corrected chi connectivity index (χ2v) is 5.40. The van der Waals surface area contributed by atoms with E-state index in [2.05, 4.69) is 37.7 Å². The van der Waals surface area contributed by atoms with Crippen molar-refractivity contribution in [2.75, 3.05) is 25.9 Å².